The number of carbonyl (C=O) groups excluding carboxylic acids is 1. The highest BCUT2D eigenvalue weighted by Crippen LogP contribution is 2.34. The van der Waals surface area contributed by atoms with Crippen molar-refractivity contribution in [1.29, 1.82) is 0 Å². The lowest BCUT2D eigenvalue weighted by Crippen LogP contribution is -2.36. The zero-order chi connectivity index (χ0) is 22.1. The molecule has 1 N–H and O–H groups in total. The largest absolute Gasteiger partial charge is 0.348 e. The number of hydrogen-bond acceptors (Lipinski definition) is 4. The van der Waals surface area contributed by atoms with Gasteiger partial charge >= 0.3 is 0 Å². The van der Waals surface area contributed by atoms with E-state index in [1.807, 2.05) is 41.8 Å². The Kier molecular flexibility index (Phi) is 6.05. The van der Waals surface area contributed by atoms with Gasteiger partial charge in [-0.05, 0) is 62.3 Å². The summed E-state index contributed by atoms with van der Waals surface area (Å²) in [6.07, 6.45) is 7.36. The fourth-order valence-corrected chi connectivity index (χ4v) is 6.09. The number of rotatable bonds is 5. The third-order valence-corrected chi connectivity index (χ3v) is 7.87. The van der Waals surface area contributed by atoms with Crippen LogP contribution < -0.4 is 10.9 Å². The minimum Gasteiger partial charge on any atom is -0.348 e. The molecule has 6 heteroatoms. The highest BCUT2D eigenvalue weighted by atomic mass is 32.2. The highest BCUT2D eigenvalue weighted by Gasteiger charge is 2.27. The topological polar surface area (TPSA) is 64.0 Å². The highest BCUT2D eigenvalue weighted by molar-refractivity contribution is 8.00. The van der Waals surface area contributed by atoms with Crippen LogP contribution in [0.2, 0.25) is 0 Å². The first-order valence-corrected chi connectivity index (χ1v) is 12.6. The summed E-state index contributed by atoms with van der Waals surface area (Å²) >= 11 is 1.40. The number of amides is 1. The number of hydrogen-bond donors (Lipinski definition) is 1. The minimum absolute atomic E-state index is 0.00270. The molecule has 32 heavy (non-hydrogen) atoms. The number of benzene rings is 2. The molecule has 1 heterocycles. The van der Waals surface area contributed by atoms with Crippen LogP contribution in [-0.4, -0.2) is 20.7 Å². The van der Waals surface area contributed by atoms with Crippen LogP contribution in [-0.2, 0) is 11.2 Å². The molecule has 0 saturated heterocycles. The summed E-state index contributed by atoms with van der Waals surface area (Å²) < 4.78 is 1.86. The average molecular weight is 448 g/mol. The summed E-state index contributed by atoms with van der Waals surface area (Å²) in [6.45, 7) is 1.91. The number of nitrogens with zero attached hydrogens (tertiary/aromatic N) is 2. The lowest BCUT2D eigenvalue weighted by molar-refractivity contribution is -0.121. The third-order valence-electron chi connectivity index (χ3n) is 6.80. The summed E-state index contributed by atoms with van der Waals surface area (Å²) in [5.41, 5.74) is 3.27. The van der Waals surface area contributed by atoms with Gasteiger partial charge in [-0.3, -0.25) is 14.2 Å². The van der Waals surface area contributed by atoms with Gasteiger partial charge in [0, 0.05) is 6.04 Å². The van der Waals surface area contributed by atoms with Gasteiger partial charge in [0.2, 0.25) is 5.91 Å². The lowest BCUT2D eigenvalue weighted by Gasteiger charge is -2.27. The van der Waals surface area contributed by atoms with Gasteiger partial charge < -0.3 is 5.32 Å². The molecule has 0 spiro atoms. The van der Waals surface area contributed by atoms with Crippen LogP contribution in [0.5, 0.6) is 0 Å². The van der Waals surface area contributed by atoms with Crippen molar-refractivity contribution in [1.82, 2.24) is 14.9 Å². The predicted molar refractivity (Wildman–Crippen MR) is 129 cm³/mol. The first-order valence-electron chi connectivity index (χ1n) is 11.7. The summed E-state index contributed by atoms with van der Waals surface area (Å²) in [7, 11) is 0. The van der Waals surface area contributed by atoms with Crippen molar-refractivity contribution in [3.8, 4) is 0 Å². The van der Waals surface area contributed by atoms with Crippen molar-refractivity contribution in [2.75, 3.05) is 0 Å². The molecule has 5 rings (SSSR count). The monoisotopic (exact) mass is 447 g/mol. The van der Waals surface area contributed by atoms with Crippen molar-refractivity contribution < 1.29 is 4.79 Å². The maximum Gasteiger partial charge on any atom is 0.262 e. The number of aryl methyl sites for hydroxylation is 1. The van der Waals surface area contributed by atoms with E-state index in [2.05, 4.69) is 23.5 Å². The standard InChI is InChI=1S/C26H29N3O2S/c1-17(24(30)27-22-16-8-10-18-9-2-5-13-20(18)22)32-26-28-23-15-7-6-14-21(23)25(31)29(26)19-11-3-4-12-19/h2,5-7,9,13-15,17,19,22H,3-4,8,10-12,16H2,1H3,(H,27,30). The van der Waals surface area contributed by atoms with E-state index in [0.29, 0.717) is 16.1 Å². The van der Waals surface area contributed by atoms with E-state index in [4.69, 9.17) is 4.98 Å². The molecule has 2 aliphatic rings. The molecule has 0 radical (unpaired) electrons. The number of para-hydroxylation sites is 1. The molecule has 5 nitrogen and oxygen atoms in total. The van der Waals surface area contributed by atoms with E-state index < -0.39 is 0 Å². The molecule has 2 unspecified atom stereocenters. The van der Waals surface area contributed by atoms with Crippen LogP contribution in [0.3, 0.4) is 0 Å². The molecule has 2 aliphatic carbocycles. The van der Waals surface area contributed by atoms with Crippen LogP contribution in [0.15, 0.2) is 58.5 Å². The summed E-state index contributed by atoms with van der Waals surface area (Å²) in [5, 5.41) is 4.23. The van der Waals surface area contributed by atoms with Crippen molar-refractivity contribution in [3.05, 3.63) is 70.0 Å². The Morgan fingerprint density at radius 2 is 1.81 bits per heavy atom. The van der Waals surface area contributed by atoms with Gasteiger partial charge in [-0.15, -0.1) is 0 Å². The Morgan fingerprint density at radius 1 is 1.06 bits per heavy atom. The van der Waals surface area contributed by atoms with Gasteiger partial charge in [0.05, 0.1) is 22.2 Å². The fourth-order valence-electron chi connectivity index (χ4n) is 5.10. The molecule has 0 bridgehead atoms. The van der Waals surface area contributed by atoms with E-state index in [1.54, 1.807) is 0 Å². The van der Waals surface area contributed by atoms with Gasteiger partial charge in [0.15, 0.2) is 5.16 Å². The minimum atomic E-state index is -0.343. The smallest absolute Gasteiger partial charge is 0.262 e. The van der Waals surface area contributed by atoms with Crippen LogP contribution in [0, 0.1) is 0 Å². The van der Waals surface area contributed by atoms with Crippen molar-refractivity contribution in [2.45, 2.75) is 74.4 Å². The number of nitrogens with one attached hydrogen (secondary N) is 1. The Bertz CT molecular complexity index is 1200. The SMILES string of the molecule is CC(Sc1nc2ccccc2c(=O)n1C1CCCC1)C(=O)NC1CCCc2ccccc21. The van der Waals surface area contributed by atoms with Gasteiger partial charge in [-0.2, -0.15) is 0 Å². The first kappa shape index (κ1) is 21.3. The van der Waals surface area contributed by atoms with E-state index in [9.17, 15) is 9.59 Å². The number of aromatic nitrogens is 2. The van der Waals surface area contributed by atoms with Crippen molar-refractivity contribution >= 4 is 28.6 Å². The van der Waals surface area contributed by atoms with Crippen LogP contribution in [0.4, 0.5) is 0 Å². The molecule has 2 atom stereocenters. The van der Waals surface area contributed by atoms with Gasteiger partial charge in [0.25, 0.3) is 5.56 Å². The zero-order valence-corrected chi connectivity index (χ0v) is 19.2. The lowest BCUT2D eigenvalue weighted by atomic mass is 9.88. The van der Waals surface area contributed by atoms with E-state index in [1.165, 1.54) is 22.9 Å². The van der Waals surface area contributed by atoms with Gasteiger partial charge in [-0.1, -0.05) is 61.0 Å². The van der Waals surface area contributed by atoms with E-state index in [-0.39, 0.29) is 28.8 Å². The van der Waals surface area contributed by atoms with Crippen LogP contribution in [0.25, 0.3) is 10.9 Å². The van der Waals surface area contributed by atoms with Crippen LogP contribution in [0.1, 0.15) is 68.7 Å². The summed E-state index contributed by atoms with van der Waals surface area (Å²) in [4.78, 5) is 31.3. The second kappa shape index (κ2) is 9.10. The third kappa shape index (κ3) is 4.08. The molecule has 1 aromatic heterocycles. The molecule has 3 aromatic rings. The van der Waals surface area contributed by atoms with Crippen molar-refractivity contribution in [3.63, 3.8) is 0 Å². The zero-order valence-electron chi connectivity index (χ0n) is 18.4. The van der Waals surface area contributed by atoms with Crippen LogP contribution >= 0.6 is 11.8 Å². The number of carbonyl (C=O) groups is 1. The number of thioether (sulfide) groups is 1. The second-order valence-electron chi connectivity index (χ2n) is 8.94. The second-order valence-corrected chi connectivity index (χ2v) is 10.2. The Hall–Kier alpha value is -2.60. The molecule has 166 valence electrons. The molecule has 1 saturated carbocycles. The maximum atomic E-state index is 13.4. The molecule has 1 amide bonds. The summed E-state index contributed by atoms with van der Waals surface area (Å²) in [5.74, 6) is -0.00270. The summed E-state index contributed by atoms with van der Waals surface area (Å²) in [6, 6.07) is 16.1. The van der Waals surface area contributed by atoms with E-state index in [0.717, 1.165) is 44.9 Å². The first-order chi connectivity index (χ1) is 15.6. The quantitative estimate of drug-likeness (QED) is 0.432. The fraction of sp³-hybridized carbons (Fsp3) is 0.423. The molecule has 1 fully saturated rings. The van der Waals surface area contributed by atoms with Gasteiger partial charge in [0.1, 0.15) is 0 Å². The normalized spacial score (nSPS) is 19.6. The maximum absolute atomic E-state index is 13.4. The molecule has 0 aliphatic heterocycles. The molecular weight excluding hydrogens is 418 g/mol. The van der Waals surface area contributed by atoms with E-state index >= 15 is 0 Å². The Labute approximate surface area is 192 Å². The average Bonchev–Trinajstić information content (AvgIpc) is 3.34. The Morgan fingerprint density at radius 3 is 2.66 bits per heavy atom. The molecule has 2 aromatic carbocycles. The van der Waals surface area contributed by atoms with Gasteiger partial charge in [-0.25, -0.2) is 4.98 Å². The molecular formula is C26H29N3O2S. The predicted octanol–water partition coefficient (Wildman–Crippen LogP) is 5.19. The Balaban J connectivity index is 1.41. The number of fused-ring (bicyclic) bond motifs is 2. The van der Waals surface area contributed by atoms with Crippen molar-refractivity contribution in [2.24, 2.45) is 0 Å².